The Labute approximate surface area is 97.5 Å². The number of terminal acetylenes is 1. The van der Waals surface area contributed by atoms with Crippen LogP contribution in [0.25, 0.3) is 0 Å². The van der Waals surface area contributed by atoms with Crippen molar-refractivity contribution in [1.82, 2.24) is 3.71 Å². The van der Waals surface area contributed by atoms with E-state index in [0.29, 0.717) is 6.54 Å². The largest absolute Gasteiger partial charge is 0.592 e. The summed E-state index contributed by atoms with van der Waals surface area (Å²) in [5.74, 6) is 2.52. The molecule has 0 bridgehead atoms. The summed E-state index contributed by atoms with van der Waals surface area (Å²) in [5.41, 5.74) is 1.26. The summed E-state index contributed by atoms with van der Waals surface area (Å²) in [6.45, 7) is 2.52. The van der Waals surface area contributed by atoms with Crippen molar-refractivity contribution in [3.8, 4) is 12.3 Å². The number of benzene rings is 1. The van der Waals surface area contributed by atoms with Gasteiger partial charge in [-0.1, -0.05) is 18.9 Å². The van der Waals surface area contributed by atoms with Crippen molar-refractivity contribution in [3.05, 3.63) is 23.8 Å². The van der Waals surface area contributed by atoms with Crippen LogP contribution >= 0.6 is 11.9 Å². The van der Waals surface area contributed by atoms with Crippen molar-refractivity contribution in [2.45, 2.75) is 23.1 Å². The SMILES string of the molecule is C#CCN1Sc2cc(CC)ccc2[S+]1[O-]. The van der Waals surface area contributed by atoms with Gasteiger partial charge in [-0.05, 0) is 27.8 Å². The number of nitrogens with zero attached hydrogens (tertiary/aromatic N) is 1. The molecule has 1 unspecified atom stereocenters. The number of rotatable bonds is 2. The smallest absolute Gasteiger partial charge is 0.190 e. The van der Waals surface area contributed by atoms with E-state index in [2.05, 4.69) is 18.9 Å². The van der Waals surface area contributed by atoms with Crippen molar-refractivity contribution in [3.63, 3.8) is 0 Å². The molecule has 0 N–H and O–H groups in total. The highest BCUT2D eigenvalue weighted by molar-refractivity contribution is 8.11. The standard InChI is InChI=1S/C11H11NOS2/c1-3-7-12-14-10-8-9(4-2)5-6-11(10)15(12)13/h1,5-6,8H,4,7H2,2H3. The lowest BCUT2D eigenvalue weighted by molar-refractivity contribution is 0.560. The van der Waals surface area contributed by atoms with Crippen LogP contribution in [0.3, 0.4) is 0 Å². The van der Waals surface area contributed by atoms with Crippen LogP contribution in [-0.4, -0.2) is 14.8 Å². The molecular formula is C11H11NOS2. The van der Waals surface area contributed by atoms with E-state index >= 15 is 0 Å². The molecule has 0 amide bonds. The first kappa shape index (κ1) is 10.9. The topological polar surface area (TPSA) is 26.3 Å². The van der Waals surface area contributed by atoms with Crippen LogP contribution in [-0.2, 0) is 17.8 Å². The zero-order valence-electron chi connectivity index (χ0n) is 8.40. The molecule has 0 aromatic heterocycles. The van der Waals surface area contributed by atoms with Gasteiger partial charge in [0.05, 0.1) is 16.3 Å². The average molecular weight is 237 g/mol. The van der Waals surface area contributed by atoms with Crippen LogP contribution < -0.4 is 0 Å². The van der Waals surface area contributed by atoms with E-state index in [0.717, 1.165) is 16.2 Å². The van der Waals surface area contributed by atoms with Gasteiger partial charge < -0.3 is 4.55 Å². The molecule has 0 radical (unpaired) electrons. The fourth-order valence-electron chi connectivity index (χ4n) is 1.41. The predicted molar refractivity (Wildman–Crippen MR) is 63.6 cm³/mol. The Morgan fingerprint density at radius 3 is 3.07 bits per heavy atom. The van der Waals surface area contributed by atoms with Crippen molar-refractivity contribution in [2.75, 3.05) is 6.54 Å². The molecule has 2 rings (SSSR count). The lowest BCUT2D eigenvalue weighted by Gasteiger charge is -2.10. The fourth-order valence-corrected chi connectivity index (χ4v) is 4.03. The summed E-state index contributed by atoms with van der Waals surface area (Å²) in [6.07, 6.45) is 6.22. The van der Waals surface area contributed by atoms with E-state index in [-0.39, 0.29) is 0 Å². The molecule has 1 atom stereocenters. The quantitative estimate of drug-likeness (QED) is 0.448. The summed E-state index contributed by atoms with van der Waals surface area (Å²) in [7, 11) is 0. The van der Waals surface area contributed by atoms with Crippen molar-refractivity contribution in [1.29, 1.82) is 0 Å². The van der Waals surface area contributed by atoms with E-state index < -0.39 is 11.4 Å². The molecule has 1 aromatic carbocycles. The average Bonchev–Trinajstić information content (AvgIpc) is 2.56. The number of hydrogen-bond donors (Lipinski definition) is 0. The first-order valence-electron chi connectivity index (χ1n) is 4.70. The van der Waals surface area contributed by atoms with E-state index in [1.807, 2.05) is 12.1 Å². The fraction of sp³-hybridized carbons (Fsp3) is 0.273. The Morgan fingerprint density at radius 2 is 2.40 bits per heavy atom. The van der Waals surface area contributed by atoms with Crippen molar-refractivity contribution in [2.24, 2.45) is 0 Å². The van der Waals surface area contributed by atoms with Gasteiger partial charge in [-0.15, -0.1) is 6.42 Å². The van der Waals surface area contributed by atoms with Gasteiger partial charge >= 0.3 is 0 Å². The molecule has 0 fully saturated rings. The summed E-state index contributed by atoms with van der Waals surface area (Å²) in [4.78, 5) is 1.95. The molecule has 0 saturated heterocycles. The van der Waals surface area contributed by atoms with Gasteiger partial charge in [-0.25, -0.2) is 0 Å². The number of hydrogen-bond acceptors (Lipinski definition) is 3. The minimum Gasteiger partial charge on any atom is -0.592 e. The van der Waals surface area contributed by atoms with Gasteiger partial charge in [-0.2, -0.15) is 0 Å². The third-order valence-corrected chi connectivity index (χ3v) is 5.07. The highest BCUT2D eigenvalue weighted by Gasteiger charge is 2.34. The normalized spacial score (nSPS) is 19.9. The highest BCUT2D eigenvalue weighted by Crippen LogP contribution is 2.41. The number of fused-ring (bicyclic) bond motifs is 1. The first-order valence-corrected chi connectivity index (χ1v) is 6.58. The molecule has 0 aliphatic carbocycles. The molecule has 78 valence electrons. The summed E-state index contributed by atoms with van der Waals surface area (Å²) >= 11 is 0.397. The Morgan fingerprint density at radius 1 is 1.60 bits per heavy atom. The molecule has 15 heavy (non-hydrogen) atoms. The maximum atomic E-state index is 11.9. The predicted octanol–water partition coefficient (Wildman–Crippen LogP) is 2.23. The summed E-state index contributed by atoms with van der Waals surface area (Å²) in [5, 5.41) is 0. The molecule has 1 aliphatic rings. The Kier molecular flexibility index (Phi) is 3.27. The third-order valence-electron chi connectivity index (χ3n) is 2.21. The van der Waals surface area contributed by atoms with E-state index in [1.54, 1.807) is 3.71 Å². The number of aryl methyl sites for hydroxylation is 1. The second kappa shape index (κ2) is 4.50. The second-order valence-electron chi connectivity index (χ2n) is 3.17. The Hall–Kier alpha value is -0.600. The van der Waals surface area contributed by atoms with Gasteiger partial charge in [0, 0.05) is 11.9 Å². The molecule has 1 aromatic rings. The summed E-state index contributed by atoms with van der Waals surface area (Å²) in [6, 6.07) is 6.05. The maximum absolute atomic E-state index is 11.9. The maximum Gasteiger partial charge on any atom is 0.190 e. The summed E-state index contributed by atoms with van der Waals surface area (Å²) < 4.78 is 13.6. The molecular weight excluding hydrogens is 226 g/mol. The van der Waals surface area contributed by atoms with E-state index in [9.17, 15) is 4.55 Å². The van der Waals surface area contributed by atoms with Crippen LogP contribution in [0.2, 0.25) is 0 Å². The molecule has 1 heterocycles. The zero-order chi connectivity index (χ0) is 10.8. The van der Waals surface area contributed by atoms with Crippen LogP contribution in [0.15, 0.2) is 28.0 Å². The van der Waals surface area contributed by atoms with Crippen LogP contribution in [0.1, 0.15) is 12.5 Å². The van der Waals surface area contributed by atoms with Crippen molar-refractivity contribution >= 4 is 23.3 Å². The van der Waals surface area contributed by atoms with Crippen LogP contribution in [0.4, 0.5) is 0 Å². The highest BCUT2D eigenvalue weighted by atomic mass is 32.3. The van der Waals surface area contributed by atoms with Gasteiger partial charge in [0.2, 0.25) is 0 Å². The monoisotopic (exact) mass is 237 g/mol. The van der Waals surface area contributed by atoms with E-state index in [4.69, 9.17) is 6.42 Å². The first-order chi connectivity index (χ1) is 7.26. The zero-order valence-corrected chi connectivity index (χ0v) is 10.0. The van der Waals surface area contributed by atoms with Gasteiger partial charge in [0.25, 0.3) is 0 Å². The lowest BCUT2D eigenvalue weighted by atomic mass is 10.2. The minimum absolute atomic E-state index is 0.410. The van der Waals surface area contributed by atoms with E-state index in [1.165, 1.54) is 17.5 Å². The molecule has 0 spiro atoms. The van der Waals surface area contributed by atoms with Crippen molar-refractivity contribution < 1.29 is 4.55 Å². The molecule has 1 aliphatic heterocycles. The Balaban J connectivity index is 2.29. The molecule has 4 heteroatoms. The molecule has 2 nitrogen and oxygen atoms in total. The van der Waals surface area contributed by atoms with Gasteiger partial charge in [0.1, 0.15) is 6.54 Å². The second-order valence-corrected chi connectivity index (χ2v) is 5.84. The Bertz CT molecular complexity index is 414. The van der Waals surface area contributed by atoms with Crippen LogP contribution in [0.5, 0.6) is 0 Å². The third kappa shape index (κ3) is 2.01. The minimum atomic E-state index is -1.09. The lowest BCUT2D eigenvalue weighted by Crippen LogP contribution is -2.19. The van der Waals surface area contributed by atoms with Gasteiger partial charge in [-0.3, -0.25) is 0 Å². The molecule has 0 saturated carbocycles. The van der Waals surface area contributed by atoms with Crippen LogP contribution in [0, 0.1) is 12.3 Å². The van der Waals surface area contributed by atoms with Gasteiger partial charge in [0.15, 0.2) is 4.90 Å².